The number of nitrogens with zero attached hydrogens (tertiary/aromatic N) is 6. The fourth-order valence-corrected chi connectivity index (χ4v) is 4.39. The highest BCUT2D eigenvalue weighted by molar-refractivity contribution is 5.79. The molecule has 2 aromatic carbocycles. The molecule has 0 atom stereocenters. The number of ether oxygens (including phenoxy) is 2. The molecule has 0 aliphatic carbocycles. The molecule has 0 radical (unpaired) electrons. The Kier molecular flexibility index (Phi) is 7.20. The number of aromatic nitrogens is 4. The molecule has 192 valence electrons. The topological polar surface area (TPSA) is 107 Å². The van der Waals surface area contributed by atoms with Crippen LogP contribution in [0.15, 0.2) is 60.8 Å². The predicted octanol–water partition coefficient (Wildman–Crippen LogP) is 3.56. The molecule has 0 bridgehead atoms. The molecule has 10 heteroatoms. The second-order valence-electron chi connectivity index (χ2n) is 9.11. The van der Waals surface area contributed by atoms with E-state index in [1.54, 1.807) is 13.3 Å². The van der Waals surface area contributed by atoms with Crippen molar-refractivity contribution >= 4 is 23.0 Å². The molecule has 1 aliphatic rings. The van der Waals surface area contributed by atoms with Gasteiger partial charge in [0.2, 0.25) is 5.95 Å². The summed E-state index contributed by atoms with van der Waals surface area (Å²) >= 11 is 0. The van der Waals surface area contributed by atoms with Gasteiger partial charge >= 0.3 is 0 Å². The van der Waals surface area contributed by atoms with Gasteiger partial charge in [-0.1, -0.05) is 18.2 Å². The van der Waals surface area contributed by atoms with Crippen LogP contribution >= 0.6 is 0 Å². The van der Waals surface area contributed by atoms with Gasteiger partial charge in [-0.15, -0.1) is 0 Å². The molecule has 10 nitrogen and oxygen atoms in total. The molecule has 0 spiro atoms. The van der Waals surface area contributed by atoms with Crippen LogP contribution in [0.1, 0.15) is 5.69 Å². The number of rotatable bonds is 8. The van der Waals surface area contributed by atoms with E-state index < -0.39 is 0 Å². The molecule has 1 fully saturated rings. The van der Waals surface area contributed by atoms with Gasteiger partial charge in [0.05, 0.1) is 54.5 Å². The number of nitrogens with two attached hydrogens (primary N) is 1. The Morgan fingerprint density at radius 2 is 1.84 bits per heavy atom. The van der Waals surface area contributed by atoms with Gasteiger partial charge in [-0.2, -0.15) is 5.10 Å². The van der Waals surface area contributed by atoms with E-state index in [2.05, 4.69) is 26.2 Å². The number of hydrogen-bond donors (Lipinski definition) is 2. The van der Waals surface area contributed by atoms with Gasteiger partial charge in [0.1, 0.15) is 11.4 Å². The van der Waals surface area contributed by atoms with E-state index >= 15 is 0 Å². The third kappa shape index (κ3) is 5.50. The zero-order valence-electron chi connectivity index (χ0n) is 21.4. The van der Waals surface area contributed by atoms with Gasteiger partial charge < -0.3 is 30.3 Å². The summed E-state index contributed by atoms with van der Waals surface area (Å²) in [6.45, 7) is 3.68. The molecular weight excluding hydrogens is 468 g/mol. The molecule has 2 aromatic heterocycles. The number of nitrogens with one attached hydrogen (secondary N) is 1. The summed E-state index contributed by atoms with van der Waals surface area (Å²) in [5.41, 5.74) is 12.2. The number of benzene rings is 2. The van der Waals surface area contributed by atoms with Crippen molar-refractivity contribution in [2.75, 3.05) is 63.5 Å². The average molecular weight is 501 g/mol. The standard InChI is InChI=1S/C27H32N8O2/c1-33(2)18-20-15-23(32-35(20)19-7-5-4-6-8-19)22-9-10-29-27(30-22)31-24-16-21(28)25(17-26(24)36-3)34-11-13-37-14-12-34/h4-10,15-17H,11-14,18,28H2,1-3H3,(H,29,30,31). The molecule has 1 aliphatic heterocycles. The van der Waals surface area contributed by atoms with E-state index in [-0.39, 0.29) is 0 Å². The van der Waals surface area contributed by atoms with Gasteiger partial charge in [-0.25, -0.2) is 14.6 Å². The summed E-state index contributed by atoms with van der Waals surface area (Å²) in [6, 6.07) is 17.8. The van der Waals surface area contributed by atoms with E-state index in [4.69, 9.17) is 25.3 Å². The fraction of sp³-hybridized carbons (Fsp3) is 0.296. The van der Waals surface area contributed by atoms with Crippen LogP contribution in [-0.2, 0) is 11.3 Å². The van der Waals surface area contributed by atoms with E-state index in [1.165, 1.54) is 0 Å². The third-order valence-corrected chi connectivity index (χ3v) is 6.13. The van der Waals surface area contributed by atoms with Gasteiger partial charge in [0, 0.05) is 31.9 Å². The van der Waals surface area contributed by atoms with Crippen molar-refractivity contribution < 1.29 is 9.47 Å². The van der Waals surface area contributed by atoms with Crippen molar-refractivity contribution in [2.45, 2.75) is 6.54 Å². The molecule has 0 saturated carbocycles. The minimum Gasteiger partial charge on any atom is -0.494 e. The zero-order valence-corrected chi connectivity index (χ0v) is 21.4. The molecule has 4 aromatic rings. The van der Waals surface area contributed by atoms with Crippen molar-refractivity contribution in [1.29, 1.82) is 0 Å². The first kappa shape index (κ1) is 24.5. The van der Waals surface area contributed by atoms with Crippen LogP contribution in [0.2, 0.25) is 0 Å². The second kappa shape index (κ2) is 10.9. The molecule has 3 N–H and O–H groups in total. The SMILES string of the molecule is COc1cc(N2CCOCC2)c(N)cc1Nc1nccc(-c2cc(CN(C)C)n(-c3ccccc3)n2)n1. The first-order valence-electron chi connectivity index (χ1n) is 12.2. The summed E-state index contributed by atoms with van der Waals surface area (Å²) in [6.07, 6.45) is 1.72. The summed E-state index contributed by atoms with van der Waals surface area (Å²) in [5, 5.41) is 8.15. The molecule has 0 unspecified atom stereocenters. The van der Waals surface area contributed by atoms with Crippen molar-refractivity contribution in [1.82, 2.24) is 24.6 Å². The summed E-state index contributed by atoms with van der Waals surface area (Å²) in [4.78, 5) is 13.5. The largest absolute Gasteiger partial charge is 0.494 e. The molecular formula is C27H32N8O2. The first-order valence-corrected chi connectivity index (χ1v) is 12.2. The Balaban J connectivity index is 1.44. The lowest BCUT2D eigenvalue weighted by Gasteiger charge is -2.30. The number of hydrogen-bond acceptors (Lipinski definition) is 9. The van der Waals surface area contributed by atoms with Crippen molar-refractivity contribution in [3.05, 3.63) is 66.5 Å². The molecule has 3 heterocycles. The van der Waals surface area contributed by atoms with Gasteiger partial charge in [-0.05, 0) is 44.4 Å². The predicted molar refractivity (Wildman–Crippen MR) is 146 cm³/mol. The summed E-state index contributed by atoms with van der Waals surface area (Å²) in [5.74, 6) is 1.09. The van der Waals surface area contributed by atoms with Crippen LogP contribution in [0.3, 0.4) is 0 Å². The number of morpholine rings is 1. The van der Waals surface area contributed by atoms with Crippen LogP contribution < -0.4 is 20.7 Å². The van der Waals surface area contributed by atoms with Crippen LogP contribution in [0.5, 0.6) is 5.75 Å². The minimum atomic E-state index is 0.428. The highest BCUT2D eigenvalue weighted by atomic mass is 16.5. The minimum absolute atomic E-state index is 0.428. The number of methoxy groups -OCH3 is 1. The van der Waals surface area contributed by atoms with Gasteiger partial charge in [0.25, 0.3) is 0 Å². The second-order valence-corrected chi connectivity index (χ2v) is 9.11. The summed E-state index contributed by atoms with van der Waals surface area (Å²) in [7, 11) is 5.72. The Labute approximate surface area is 216 Å². The first-order chi connectivity index (χ1) is 18.0. The Hall–Kier alpha value is -4.15. The Morgan fingerprint density at radius 3 is 2.57 bits per heavy atom. The molecule has 5 rings (SSSR count). The van der Waals surface area contributed by atoms with E-state index in [1.807, 2.05) is 67.3 Å². The third-order valence-electron chi connectivity index (χ3n) is 6.13. The smallest absolute Gasteiger partial charge is 0.227 e. The number of para-hydroxylation sites is 1. The summed E-state index contributed by atoms with van der Waals surface area (Å²) < 4.78 is 13.1. The van der Waals surface area contributed by atoms with Crippen LogP contribution in [0.25, 0.3) is 17.1 Å². The molecule has 1 saturated heterocycles. The Morgan fingerprint density at radius 1 is 1.05 bits per heavy atom. The monoisotopic (exact) mass is 500 g/mol. The zero-order chi connectivity index (χ0) is 25.8. The highest BCUT2D eigenvalue weighted by Crippen LogP contribution is 2.37. The van der Waals surface area contributed by atoms with E-state index in [0.717, 1.165) is 42.4 Å². The van der Waals surface area contributed by atoms with Gasteiger partial charge in [-0.3, -0.25) is 0 Å². The molecule has 37 heavy (non-hydrogen) atoms. The Bertz CT molecular complexity index is 1350. The highest BCUT2D eigenvalue weighted by Gasteiger charge is 2.18. The van der Waals surface area contributed by atoms with Crippen molar-refractivity contribution in [3.63, 3.8) is 0 Å². The fourth-order valence-electron chi connectivity index (χ4n) is 4.39. The average Bonchev–Trinajstić information content (AvgIpc) is 3.33. The lowest BCUT2D eigenvalue weighted by Crippen LogP contribution is -2.36. The van der Waals surface area contributed by atoms with E-state index in [9.17, 15) is 0 Å². The maximum atomic E-state index is 6.43. The van der Waals surface area contributed by atoms with Crippen LogP contribution in [-0.4, -0.2) is 72.2 Å². The maximum Gasteiger partial charge on any atom is 0.227 e. The lowest BCUT2D eigenvalue weighted by atomic mass is 10.2. The van der Waals surface area contributed by atoms with Crippen LogP contribution in [0.4, 0.5) is 23.0 Å². The molecule has 0 amide bonds. The van der Waals surface area contributed by atoms with E-state index in [0.29, 0.717) is 42.0 Å². The number of nitrogen functional groups attached to an aromatic ring is 1. The van der Waals surface area contributed by atoms with Crippen LogP contribution in [0, 0.1) is 0 Å². The quantitative estimate of drug-likeness (QED) is 0.351. The van der Waals surface area contributed by atoms with Crippen molar-refractivity contribution in [2.24, 2.45) is 0 Å². The normalized spacial score (nSPS) is 13.7. The lowest BCUT2D eigenvalue weighted by molar-refractivity contribution is 0.123. The maximum absolute atomic E-state index is 6.43. The van der Waals surface area contributed by atoms with Gasteiger partial charge in [0.15, 0.2) is 0 Å². The van der Waals surface area contributed by atoms with Crippen molar-refractivity contribution in [3.8, 4) is 22.8 Å². The number of anilines is 4.